The lowest BCUT2D eigenvalue weighted by atomic mass is 9.95. The van der Waals surface area contributed by atoms with E-state index in [4.69, 9.17) is 18.9 Å². The monoisotopic (exact) mass is 386 g/mol. The van der Waals surface area contributed by atoms with Crippen LogP contribution >= 0.6 is 0 Å². The Morgan fingerprint density at radius 1 is 1.04 bits per heavy atom. The number of carbonyl (C=O) groups excluding carboxylic acids is 1. The quantitative estimate of drug-likeness (QED) is 0.686. The molecule has 28 heavy (non-hydrogen) atoms. The summed E-state index contributed by atoms with van der Waals surface area (Å²) in [6.45, 7) is 3.88. The van der Waals surface area contributed by atoms with Crippen LogP contribution in [0.5, 0.6) is 23.0 Å². The number of rotatable bonds is 6. The first-order valence-corrected chi connectivity index (χ1v) is 8.83. The molecule has 148 valence electrons. The Labute approximate surface area is 163 Å². The Balaban J connectivity index is 1.96. The molecule has 0 N–H and O–H groups in total. The van der Waals surface area contributed by atoms with E-state index in [2.05, 4.69) is 0 Å². The molecule has 0 aliphatic carbocycles. The van der Waals surface area contributed by atoms with Gasteiger partial charge in [-0.15, -0.1) is 0 Å². The second-order valence-corrected chi connectivity index (χ2v) is 6.97. The minimum Gasteiger partial charge on any atom is -0.495 e. The van der Waals surface area contributed by atoms with E-state index in [-0.39, 0.29) is 29.3 Å². The molecule has 3 rings (SSSR count). The van der Waals surface area contributed by atoms with Crippen LogP contribution in [-0.4, -0.2) is 32.7 Å². The standard InChI is InChI=1S/C22H23FO5/c1-22(2)11-10-15-17(28-22)9-7-14(20(15)26-4)16(24)12-13-6-8-18(25-3)21(27-5)19(13)23/h6-11H,12H2,1-5H3. The normalized spacial score (nSPS) is 14.1. The van der Waals surface area contributed by atoms with E-state index in [1.807, 2.05) is 26.0 Å². The van der Waals surface area contributed by atoms with Crippen molar-refractivity contribution in [2.75, 3.05) is 21.3 Å². The first-order chi connectivity index (χ1) is 13.3. The van der Waals surface area contributed by atoms with Crippen molar-refractivity contribution in [3.05, 3.63) is 52.8 Å². The van der Waals surface area contributed by atoms with E-state index in [9.17, 15) is 9.18 Å². The number of fused-ring (bicyclic) bond motifs is 1. The average Bonchev–Trinajstić information content (AvgIpc) is 2.67. The third-order valence-electron chi connectivity index (χ3n) is 4.60. The molecule has 0 saturated carbocycles. The molecule has 1 heterocycles. The van der Waals surface area contributed by atoms with Gasteiger partial charge in [-0.2, -0.15) is 0 Å². The Kier molecular flexibility index (Phi) is 5.31. The van der Waals surface area contributed by atoms with Gasteiger partial charge in [-0.1, -0.05) is 6.07 Å². The van der Waals surface area contributed by atoms with Crippen LogP contribution < -0.4 is 18.9 Å². The Morgan fingerprint density at radius 3 is 2.39 bits per heavy atom. The molecule has 0 amide bonds. The zero-order chi connectivity index (χ0) is 20.5. The Hall–Kier alpha value is -3.02. The summed E-state index contributed by atoms with van der Waals surface area (Å²) in [5, 5.41) is 0. The molecule has 0 fully saturated rings. The fourth-order valence-corrected chi connectivity index (χ4v) is 3.20. The molecule has 1 aliphatic heterocycles. The van der Waals surface area contributed by atoms with E-state index in [0.717, 1.165) is 0 Å². The zero-order valence-corrected chi connectivity index (χ0v) is 16.6. The molecule has 0 saturated heterocycles. The highest BCUT2D eigenvalue weighted by Gasteiger charge is 2.27. The maximum absolute atomic E-state index is 14.7. The van der Waals surface area contributed by atoms with E-state index in [1.54, 1.807) is 18.2 Å². The van der Waals surface area contributed by atoms with Gasteiger partial charge >= 0.3 is 0 Å². The molecule has 0 unspecified atom stereocenters. The van der Waals surface area contributed by atoms with E-state index < -0.39 is 11.4 Å². The van der Waals surface area contributed by atoms with Crippen molar-refractivity contribution < 1.29 is 28.1 Å². The SMILES string of the molecule is COc1ccc(CC(=O)c2ccc3c(c2OC)C=CC(C)(C)O3)c(F)c1OC. The van der Waals surface area contributed by atoms with Crippen LogP contribution in [0.2, 0.25) is 0 Å². The minimum atomic E-state index is -0.614. The molecule has 0 aromatic heterocycles. The van der Waals surface area contributed by atoms with Gasteiger partial charge in [-0.05, 0) is 49.8 Å². The summed E-state index contributed by atoms with van der Waals surface area (Å²) < 4.78 is 36.3. The summed E-state index contributed by atoms with van der Waals surface area (Å²) in [5.41, 5.74) is 0.839. The predicted octanol–water partition coefficient (Wildman–Crippen LogP) is 4.46. The molecular weight excluding hydrogens is 363 g/mol. The molecule has 0 bridgehead atoms. The maximum Gasteiger partial charge on any atom is 0.197 e. The fourth-order valence-electron chi connectivity index (χ4n) is 3.20. The van der Waals surface area contributed by atoms with Crippen LogP contribution in [0.25, 0.3) is 6.08 Å². The smallest absolute Gasteiger partial charge is 0.197 e. The highest BCUT2D eigenvalue weighted by molar-refractivity contribution is 6.01. The summed E-state index contributed by atoms with van der Waals surface area (Å²) in [6.07, 6.45) is 3.64. The molecular formula is C22H23FO5. The molecule has 6 heteroatoms. The van der Waals surface area contributed by atoms with Crippen LogP contribution in [0, 0.1) is 5.82 Å². The summed E-state index contributed by atoms with van der Waals surface area (Å²) in [4.78, 5) is 12.9. The lowest BCUT2D eigenvalue weighted by Gasteiger charge is -2.29. The van der Waals surface area contributed by atoms with E-state index >= 15 is 0 Å². The molecule has 0 spiro atoms. The van der Waals surface area contributed by atoms with Crippen molar-refractivity contribution in [2.24, 2.45) is 0 Å². The summed E-state index contributed by atoms with van der Waals surface area (Å²) in [5.74, 6) is 0.408. The number of hydrogen-bond donors (Lipinski definition) is 0. The van der Waals surface area contributed by atoms with E-state index in [1.165, 1.54) is 27.4 Å². The number of hydrogen-bond acceptors (Lipinski definition) is 5. The first-order valence-electron chi connectivity index (χ1n) is 8.83. The van der Waals surface area contributed by atoms with Crippen molar-refractivity contribution in [1.82, 2.24) is 0 Å². The zero-order valence-electron chi connectivity index (χ0n) is 16.6. The number of methoxy groups -OCH3 is 3. The predicted molar refractivity (Wildman–Crippen MR) is 104 cm³/mol. The van der Waals surface area contributed by atoms with Gasteiger partial charge < -0.3 is 18.9 Å². The van der Waals surface area contributed by atoms with Gasteiger partial charge in [0.15, 0.2) is 23.1 Å². The molecule has 0 radical (unpaired) electrons. The molecule has 0 atom stereocenters. The number of benzene rings is 2. The molecule has 1 aliphatic rings. The van der Waals surface area contributed by atoms with Crippen LogP contribution in [0.15, 0.2) is 30.3 Å². The van der Waals surface area contributed by atoms with Crippen LogP contribution in [-0.2, 0) is 6.42 Å². The van der Waals surface area contributed by atoms with Crippen LogP contribution in [0.1, 0.15) is 35.3 Å². The summed E-state index contributed by atoms with van der Waals surface area (Å²) >= 11 is 0. The fraction of sp³-hybridized carbons (Fsp3) is 0.318. The second kappa shape index (κ2) is 7.54. The molecule has 2 aromatic rings. The van der Waals surface area contributed by atoms with Gasteiger partial charge in [0.05, 0.1) is 32.5 Å². The van der Waals surface area contributed by atoms with Crippen molar-refractivity contribution in [1.29, 1.82) is 0 Å². The number of carbonyl (C=O) groups is 1. The average molecular weight is 386 g/mol. The number of Topliss-reactive ketones (excluding diaryl/α,β-unsaturated/α-hetero) is 1. The van der Waals surface area contributed by atoms with Gasteiger partial charge in [0.1, 0.15) is 17.1 Å². The van der Waals surface area contributed by atoms with Crippen LogP contribution in [0.4, 0.5) is 4.39 Å². The highest BCUT2D eigenvalue weighted by Crippen LogP contribution is 2.40. The van der Waals surface area contributed by atoms with Gasteiger partial charge in [0, 0.05) is 6.42 Å². The van der Waals surface area contributed by atoms with Crippen molar-refractivity contribution >= 4 is 11.9 Å². The summed E-state index contributed by atoms with van der Waals surface area (Å²) in [7, 11) is 4.28. The van der Waals surface area contributed by atoms with Gasteiger partial charge in [0.25, 0.3) is 0 Å². The largest absolute Gasteiger partial charge is 0.495 e. The highest BCUT2D eigenvalue weighted by atomic mass is 19.1. The lowest BCUT2D eigenvalue weighted by Crippen LogP contribution is -2.27. The van der Waals surface area contributed by atoms with Crippen molar-refractivity contribution in [3.63, 3.8) is 0 Å². The lowest BCUT2D eigenvalue weighted by molar-refractivity contribution is 0.0988. The second-order valence-electron chi connectivity index (χ2n) is 6.97. The first kappa shape index (κ1) is 19.7. The van der Waals surface area contributed by atoms with Crippen LogP contribution in [0.3, 0.4) is 0 Å². The number of ether oxygens (including phenoxy) is 4. The molecule has 5 nitrogen and oxygen atoms in total. The Morgan fingerprint density at radius 2 is 1.75 bits per heavy atom. The van der Waals surface area contributed by atoms with Gasteiger partial charge in [-0.25, -0.2) is 4.39 Å². The maximum atomic E-state index is 14.7. The number of halogens is 1. The van der Waals surface area contributed by atoms with Crippen molar-refractivity contribution in [3.8, 4) is 23.0 Å². The third kappa shape index (κ3) is 3.54. The Bertz CT molecular complexity index is 946. The van der Waals surface area contributed by atoms with Gasteiger partial charge in [-0.3, -0.25) is 4.79 Å². The molecule has 2 aromatic carbocycles. The number of ketones is 1. The van der Waals surface area contributed by atoms with E-state index in [0.29, 0.717) is 22.6 Å². The van der Waals surface area contributed by atoms with Gasteiger partial charge in [0.2, 0.25) is 0 Å². The van der Waals surface area contributed by atoms with Crippen molar-refractivity contribution in [2.45, 2.75) is 25.9 Å². The minimum absolute atomic E-state index is 0.0243. The third-order valence-corrected chi connectivity index (χ3v) is 4.60. The topological polar surface area (TPSA) is 54.0 Å². The summed E-state index contributed by atoms with van der Waals surface area (Å²) in [6, 6.07) is 6.48.